The first kappa shape index (κ1) is 15.5. The minimum atomic E-state index is -0.518. The van der Waals surface area contributed by atoms with Gasteiger partial charge in [0.2, 0.25) is 5.91 Å². The maximum absolute atomic E-state index is 12.5. The molecule has 1 saturated heterocycles. The van der Waals surface area contributed by atoms with Gasteiger partial charge in [0.15, 0.2) is 10.3 Å². The first-order valence-electron chi connectivity index (χ1n) is 6.61. The lowest BCUT2D eigenvalue weighted by Gasteiger charge is -2.36. The van der Waals surface area contributed by atoms with E-state index in [1.807, 2.05) is 13.8 Å². The van der Waals surface area contributed by atoms with Crippen molar-refractivity contribution < 1.29 is 4.79 Å². The van der Waals surface area contributed by atoms with Crippen LogP contribution < -0.4 is 10.6 Å². The summed E-state index contributed by atoms with van der Waals surface area (Å²) in [4.78, 5) is 20.2. The zero-order chi connectivity index (χ0) is 14.8. The number of rotatable bonds is 3. The number of aromatic nitrogens is 2. The van der Waals surface area contributed by atoms with Crippen LogP contribution in [0.15, 0.2) is 6.33 Å². The fraction of sp³-hybridized carbons (Fsp3) is 0.615. The summed E-state index contributed by atoms with van der Waals surface area (Å²) in [7, 11) is 0. The number of carbonyl (C=O) groups is 1. The molecule has 2 N–H and O–H groups in total. The molecule has 0 aromatic carbocycles. The van der Waals surface area contributed by atoms with Crippen molar-refractivity contribution >= 4 is 34.8 Å². The molecule has 1 unspecified atom stereocenters. The Morgan fingerprint density at radius 1 is 1.40 bits per heavy atom. The first-order chi connectivity index (χ1) is 9.43. The van der Waals surface area contributed by atoms with Gasteiger partial charge in [-0.25, -0.2) is 9.97 Å². The van der Waals surface area contributed by atoms with E-state index in [1.54, 1.807) is 0 Å². The monoisotopic (exact) mass is 316 g/mol. The highest BCUT2D eigenvalue weighted by Crippen LogP contribution is 2.34. The molecule has 0 saturated carbocycles. The van der Waals surface area contributed by atoms with E-state index < -0.39 is 5.41 Å². The molecular formula is C13H18Cl2N4O. The second-order valence-electron chi connectivity index (χ2n) is 5.55. The zero-order valence-corrected chi connectivity index (χ0v) is 13.1. The molecular weight excluding hydrogens is 299 g/mol. The summed E-state index contributed by atoms with van der Waals surface area (Å²) in [6, 6.07) is 0. The molecule has 0 spiro atoms. The van der Waals surface area contributed by atoms with Gasteiger partial charge in [0.05, 0.1) is 0 Å². The fourth-order valence-corrected chi connectivity index (χ4v) is 2.78. The van der Waals surface area contributed by atoms with Crippen LogP contribution in [0.5, 0.6) is 0 Å². The minimum absolute atomic E-state index is 0.121. The Bertz CT molecular complexity index is 481. The molecule has 2 heterocycles. The van der Waals surface area contributed by atoms with E-state index >= 15 is 0 Å². The van der Waals surface area contributed by atoms with E-state index in [0.29, 0.717) is 0 Å². The average molecular weight is 317 g/mol. The fourth-order valence-electron chi connectivity index (χ4n) is 2.38. The summed E-state index contributed by atoms with van der Waals surface area (Å²) >= 11 is 11.9. The largest absolute Gasteiger partial charge is 0.320 e. The number of halogens is 2. The Kier molecular flexibility index (Phi) is 4.83. The quantitative estimate of drug-likeness (QED) is 0.841. The van der Waals surface area contributed by atoms with Crippen molar-refractivity contribution in [2.45, 2.75) is 26.7 Å². The Morgan fingerprint density at radius 2 is 2.05 bits per heavy atom. The number of hydrogen-bond acceptors (Lipinski definition) is 4. The Balaban J connectivity index is 2.14. The highest BCUT2D eigenvalue weighted by atomic mass is 35.5. The van der Waals surface area contributed by atoms with Gasteiger partial charge in [0.25, 0.3) is 0 Å². The smallest absolute Gasteiger partial charge is 0.230 e. The van der Waals surface area contributed by atoms with Crippen LogP contribution in [-0.2, 0) is 4.79 Å². The Hall–Kier alpha value is -0.910. The summed E-state index contributed by atoms with van der Waals surface area (Å²) in [6.45, 7) is 5.72. The molecule has 1 aromatic rings. The lowest BCUT2D eigenvalue weighted by atomic mass is 9.74. The van der Waals surface area contributed by atoms with Gasteiger partial charge in [-0.05, 0) is 31.8 Å². The van der Waals surface area contributed by atoms with Crippen LogP contribution in [0.4, 0.5) is 5.69 Å². The molecule has 1 atom stereocenters. The molecule has 0 bridgehead atoms. The second-order valence-corrected chi connectivity index (χ2v) is 6.27. The molecule has 1 aliphatic rings. The van der Waals surface area contributed by atoms with Crippen molar-refractivity contribution in [3.63, 3.8) is 0 Å². The first-order valence-corrected chi connectivity index (χ1v) is 7.36. The molecule has 5 nitrogen and oxygen atoms in total. The molecule has 7 heteroatoms. The highest BCUT2D eigenvalue weighted by molar-refractivity contribution is 6.38. The zero-order valence-electron chi connectivity index (χ0n) is 11.5. The second kappa shape index (κ2) is 6.24. The van der Waals surface area contributed by atoms with Crippen LogP contribution in [0.1, 0.15) is 26.7 Å². The summed E-state index contributed by atoms with van der Waals surface area (Å²) < 4.78 is 0. The third kappa shape index (κ3) is 3.22. The van der Waals surface area contributed by atoms with Crippen molar-refractivity contribution in [2.75, 3.05) is 18.4 Å². The summed E-state index contributed by atoms with van der Waals surface area (Å²) in [5, 5.41) is 6.38. The third-order valence-electron chi connectivity index (χ3n) is 3.90. The van der Waals surface area contributed by atoms with Gasteiger partial charge in [-0.15, -0.1) is 0 Å². The standard InChI is InChI=1S/C13H18Cl2N4O/c1-13(2,8-4-3-5-16-6-8)12(20)19-9-10(14)17-7-18-11(9)15/h7-8,16H,3-6H2,1-2H3,(H,19,20). The van der Waals surface area contributed by atoms with Crippen LogP contribution in [0, 0.1) is 11.3 Å². The van der Waals surface area contributed by atoms with E-state index in [4.69, 9.17) is 23.2 Å². The molecule has 20 heavy (non-hydrogen) atoms. The van der Waals surface area contributed by atoms with Crippen molar-refractivity contribution in [3.8, 4) is 0 Å². The summed E-state index contributed by atoms with van der Waals surface area (Å²) in [5.41, 5.74) is -0.242. The predicted molar refractivity (Wildman–Crippen MR) is 80.1 cm³/mol. The van der Waals surface area contributed by atoms with Gasteiger partial charge in [-0.2, -0.15) is 0 Å². The van der Waals surface area contributed by atoms with Gasteiger partial charge in [-0.1, -0.05) is 37.0 Å². The maximum Gasteiger partial charge on any atom is 0.230 e. The van der Waals surface area contributed by atoms with E-state index in [-0.39, 0.29) is 27.8 Å². The van der Waals surface area contributed by atoms with Crippen molar-refractivity contribution in [2.24, 2.45) is 11.3 Å². The average Bonchev–Trinajstić information content (AvgIpc) is 2.43. The molecule has 1 fully saturated rings. The number of piperidine rings is 1. The Morgan fingerprint density at radius 3 is 2.60 bits per heavy atom. The Labute approximate surface area is 128 Å². The normalized spacial score (nSPS) is 19.7. The van der Waals surface area contributed by atoms with Gasteiger partial charge < -0.3 is 10.6 Å². The van der Waals surface area contributed by atoms with E-state index in [0.717, 1.165) is 25.9 Å². The number of anilines is 1. The number of carbonyl (C=O) groups excluding carboxylic acids is 1. The van der Waals surface area contributed by atoms with Crippen LogP contribution in [0.25, 0.3) is 0 Å². The van der Waals surface area contributed by atoms with Gasteiger partial charge in [0.1, 0.15) is 12.0 Å². The predicted octanol–water partition coefficient (Wildman–Crippen LogP) is 2.75. The molecule has 1 amide bonds. The molecule has 110 valence electrons. The molecule has 0 aliphatic carbocycles. The highest BCUT2D eigenvalue weighted by Gasteiger charge is 2.37. The van der Waals surface area contributed by atoms with Crippen LogP contribution in [0.3, 0.4) is 0 Å². The number of nitrogens with one attached hydrogen (secondary N) is 2. The molecule has 0 radical (unpaired) electrons. The number of nitrogens with zero attached hydrogens (tertiary/aromatic N) is 2. The SMILES string of the molecule is CC(C)(C(=O)Nc1c(Cl)ncnc1Cl)C1CCCNC1. The number of hydrogen-bond donors (Lipinski definition) is 2. The van der Waals surface area contributed by atoms with Crippen molar-refractivity contribution in [1.29, 1.82) is 0 Å². The summed E-state index contributed by atoms with van der Waals surface area (Å²) in [5.74, 6) is 0.156. The topological polar surface area (TPSA) is 66.9 Å². The van der Waals surface area contributed by atoms with Crippen LogP contribution in [-0.4, -0.2) is 29.0 Å². The molecule has 1 aromatic heterocycles. The van der Waals surface area contributed by atoms with E-state index in [1.165, 1.54) is 6.33 Å². The van der Waals surface area contributed by atoms with Gasteiger partial charge in [0, 0.05) is 5.41 Å². The third-order valence-corrected chi connectivity index (χ3v) is 4.47. The number of amides is 1. The molecule has 2 rings (SSSR count). The van der Waals surface area contributed by atoms with Gasteiger partial charge >= 0.3 is 0 Å². The maximum atomic E-state index is 12.5. The van der Waals surface area contributed by atoms with E-state index in [9.17, 15) is 4.79 Å². The lowest BCUT2D eigenvalue weighted by Crippen LogP contribution is -2.44. The van der Waals surface area contributed by atoms with Crippen molar-refractivity contribution in [1.82, 2.24) is 15.3 Å². The van der Waals surface area contributed by atoms with E-state index in [2.05, 4.69) is 20.6 Å². The molecule has 1 aliphatic heterocycles. The van der Waals surface area contributed by atoms with Crippen LogP contribution in [0.2, 0.25) is 10.3 Å². The van der Waals surface area contributed by atoms with Crippen LogP contribution >= 0.6 is 23.2 Å². The minimum Gasteiger partial charge on any atom is -0.320 e. The summed E-state index contributed by atoms with van der Waals surface area (Å²) in [6.07, 6.45) is 3.37. The van der Waals surface area contributed by atoms with Crippen molar-refractivity contribution in [3.05, 3.63) is 16.6 Å². The van der Waals surface area contributed by atoms with Gasteiger partial charge in [-0.3, -0.25) is 4.79 Å². The lowest BCUT2D eigenvalue weighted by molar-refractivity contribution is -0.127.